The minimum absolute atomic E-state index is 0.0283. The highest BCUT2D eigenvalue weighted by Crippen LogP contribution is 2.30. The van der Waals surface area contributed by atoms with E-state index in [4.69, 9.17) is 9.15 Å². The molecule has 0 spiro atoms. The fourth-order valence-corrected chi connectivity index (χ4v) is 4.09. The average molecular weight is 436 g/mol. The molecule has 1 aromatic heterocycles. The number of amides is 2. The molecule has 4 rings (SSSR count). The van der Waals surface area contributed by atoms with Crippen LogP contribution in [0.5, 0.6) is 5.75 Å². The highest BCUT2D eigenvalue weighted by atomic mass is 16.5. The van der Waals surface area contributed by atoms with Crippen molar-refractivity contribution in [2.75, 3.05) is 20.2 Å². The Morgan fingerprint density at radius 2 is 1.78 bits per heavy atom. The summed E-state index contributed by atoms with van der Waals surface area (Å²) in [5, 5.41) is 2.93. The van der Waals surface area contributed by atoms with Gasteiger partial charge in [-0.05, 0) is 55.2 Å². The highest BCUT2D eigenvalue weighted by Gasteiger charge is 2.33. The van der Waals surface area contributed by atoms with E-state index in [1.807, 2.05) is 43.0 Å². The second-order valence-electron chi connectivity index (χ2n) is 8.54. The molecule has 7 heteroatoms. The molecule has 1 saturated heterocycles. The average Bonchev–Trinajstić information content (AvgIpc) is 3.26. The molecule has 1 aliphatic rings. The van der Waals surface area contributed by atoms with E-state index < -0.39 is 6.04 Å². The molecule has 3 aromatic rings. The standard InChI is InChI=1S/C25H29N3O4/c1-16(2)22(27-23(29)17-8-10-19(31-3)11-9-17)25(30)28-14-12-18(13-15-28)24-26-20-6-4-5-7-21(20)32-24/h4-11,16,18,22H,12-15H2,1-3H3,(H,27,29). The van der Waals surface area contributed by atoms with Gasteiger partial charge in [-0.15, -0.1) is 0 Å². The number of nitrogens with zero attached hydrogens (tertiary/aromatic N) is 2. The maximum atomic E-state index is 13.2. The number of hydrogen-bond acceptors (Lipinski definition) is 5. The van der Waals surface area contributed by atoms with Crippen molar-refractivity contribution < 1.29 is 18.7 Å². The predicted octanol–water partition coefficient (Wildman–Crippen LogP) is 4.00. The van der Waals surface area contributed by atoms with Gasteiger partial charge in [0.05, 0.1) is 7.11 Å². The van der Waals surface area contributed by atoms with Crippen molar-refractivity contribution in [3.63, 3.8) is 0 Å². The Morgan fingerprint density at radius 1 is 1.09 bits per heavy atom. The monoisotopic (exact) mass is 435 g/mol. The quantitative estimate of drug-likeness (QED) is 0.633. The van der Waals surface area contributed by atoms with Crippen LogP contribution in [0.15, 0.2) is 52.9 Å². The van der Waals surface area contributed by atoms with Crippen LogP contribution >= 0.6 is 0 Å². The van der Waals surface area contributed by atoms with E-state index in [1.165, 1.54) is 0 Å². The lowest BCUT2D eigenvalue weighted by atomic mass is 9.95. The molecule has 0 radical (unpaired) electrons. The van der Waals surface area contributed by atoms with Crippen LogP contribution in [0.4, 0.5) is 0 Å². The molecule has 0 saturated carbocycles. The third-order valence-electron chi connectivity index (χ3n) is 6.04. The van der Waals surface area contributed by atoms with Gasteiger partial charge in [0.1, 0.15) is 17.3 Å². The zero-order chi connectivity index (χ0) is 22.7. The molecule has 0 aliphatic carbocycles. The number of likely N-dealkylation sites (tertiary alicyclic amines) is 1. The number of rotatable bonds is 6. The van der Waals surface area contributed by atoms with Crippen molar-refractivity contribution in [1.29, 1.82) is 0 Å². The lowest BCUT2D eigenvalue weighted by molar-refractivity contribution is -0.135. The van der Waals surface area contributed by atoms with Crippen LogP contribution < -0.4 is 10.1 Å². The van der Waals surface area contributed by atoms with Crippen molar-refractivity contribution in [3.05, 3.63) is 60.0 Å². The number of methoxy groups -OCH3 is 1. The third kappa shape index (κ3) is 4.61. The first-order valence-electron chi connectivity index (χ1n) is 11.1. The smallest absolute Gasteiger partial charge is 0.251 e. The zero-order valence-corrected chi connectivity index (χ0v) is 18.7. The Bertz CT molecular complexity index is 1050. The number of piperidine rings is 1. The summed E-state index contributed by atoms with van der Waals surface area (Å²) in [6.07, 6.45) is 1.58. The molecule has 7 nitrogen and oxygen atoms in total. The molecular formula is C25H29N3O4. The van der Waals surface area contributed by atoms with Gasteiger partial charge in [-0.3, -0.25) is 9.59 Å². The number of para-hydroxylation sites is 2. The number of oxazole rings is 1. The van der Waals surface area contributed by atoms with Crippen LogP contribution in [0, 0.1) is 5.92 Å². The molecule has 2 amide bonds. The summed E-state index contributed by atoms with van der Waals surface area (Å²) in [6, 6.07) is 14.0. The Hall–Kier alpha value is -3.35. The van der Waals surface area contributed by atoms with Gasteiger partial charge in [-0.25, -0.2) is 4.98 Å². The molecule has 2 aromatic carbocycles. The minimum atomic E-state index is -0.578. The van der Waals surface area contributed by atoms with Crippen LogP contribution in [0.25, 0.3) is 11.1 Å². The van der Waals surface area contributed by atoms with E-state index in [0.29, 0.717) is 24.4 Å². The number of fused-ring (bicyclic) bond motifs is 1. The second kappa shape index (κ2) is 9.42. The number of aromatic nitrogens is 1. The number of hydrogen-bond donors (Lipinski definition) is 1. The van der Waals surface area contributed by atoms with Gasteiger partial charge in [0.25, 0.3) is 5.91 Å². The largest absolute Gasteiger partial charge is 0.497 e. The maximum absolute atomic E-state index is 13.2. The van der Waals surface area contributed by atoms with Crippen LogP contribution in [-0.2, 0) is 4.79 Å². The van der Waals surface area contributed by atoms with E-state index in [9.17, 15) is 9.59 Å². The summed E-state index contributed by atoms with van der Waals surface area (Å²) < 4.78 is 11.1. The molecular weight excluding hydrogens is 406 g/mol. The minimum Gasteiger partial charge on any atom is -0.497 e. The van der Waals surface area contributed by atoms with Crippen molar-refractivity contribution in [1.82, 2.24) is 15.2 Å². The van der Waals surface area contributed by atoms with E-state index in [-0.39, 0.29) is 23.7 Å². The first kappa shape index (κ1) is 21.9. The second-order valence-corrected chi connectivity index (χ2v) is 8.54. The van der Waals surface area contributed by atoms with Crippen molar-refractivity contribution in [3.8, 4) is 5.75 Å². The van der Waals surface area contributed by atoms with Gasteiger partial charge in [0.15, 0.2) is 11.5 Å². The molecule has 1 atom stereocenters. The van der Waals surface area contributed by atoms with Gasteiger partial charge in [-0.1, -0.05) is 26.0 Å². The lowest BCUT2D eigenvalue weighted by Crippen LogP contribution is -2.52. The fraction of sp³-hybridized carbons (Fsp3) is 0.400. The Morgan fingerprint density at radius 3 is 2.41 bits per heavy atom. The number of carbonyl (C=O) groups is 2. The summed E-state index contributed by atoms with van der Waals surface area (Å²) in [6.45, 7) is 5.12. The van der Waals surface area contributed by atoms with Crippen LogP contribution in [0.2, 0.25) is 0 Å². The zero-order valence-electron chi connectivity index (χ0n) is 18.7. The Balaban J connectivity index is 1.38. The Labute approximate surface area is 187 Å². The summed E-state index contributed by atoms with van der Waals surface area (Å²) in [7, 11) is 1.58. The summed E-state index contributed by atoms with van der Waals surface area (Å²) in [5.74, 6) is 1.28. The summed E-state index contributed by atoms with van der Waals surface area (Å²) in [5.41, 5.74) is 2.16. The SMILES string of the molecule is COc1ccc(C(=O)NC(C(=O)N2CCC(c3nc4ccccc4o3)CC2)C(C)C)cc1. The van der Waals surface area contributed by atoms with E-state index in [1.54, 1.807) is 31.4 Å². The van der Waals surface area contributed by atoms with Crippen LogP contribution in [0.3, 0.4) is 0 Å². The van der Waals surface area contributed by atoms with E-state index in [0.717, 1.165) is 29.8 Å². The van der Waals surface area contributed by atoms with Crippen molar-refractivity contribution in [2.24, 2.45) is 5.92 Å². The first-order valence-corrected chi connectivity index (χ1v) is 11.1. The van der Waals surface area contributed by atoms with E-state index in [2.05, 4.69) is 10.3 Å². The van der Waals surface area contributed by atoms with E-state index >= 15 is 0 Å². The van der Waals surface area contributed by atoms with Gasteiger partial charge in [0, 0.05) is 24.6 Å². The van der Waals surface area contributed by atoms with Crippen LogP contribution in [0.1, 0.15) is 48.9 Å². The molecule has 32 heavy (non-hydrogen) atoms. The first-order chi connectivity index (χ1) is 15.5. The highest BCUT2D eigenvalue weighted by molar-refractivity contribution is 5.97. The van der Waals surface area contributed by atoms with Gasteiger partial charge < -0.3 is 19.4 Å². The topological polar surface area (TPSA) is 84.7 Å². The number of nitrogens with one attached hydrogen (secondary N) is 1. The third-order valence-corrected chi connectivity index (χ3v) is 6.04. The molecule has 168 valence electrons. The fourth-order valence-electron chi connectivity index (χ4n) is 4.09. The van der Waals surface area contributed by atoms with Crippen molar-refractivity contribution >= 4 is 22.9 Å². The molecule has 1 aliphatic heterocycles. The van der Waals surface area contributed by atoms with Gasteiger partial charge in [0.2, 0.25) is 5.91 Å². The normalized spacial score (nSPS) is 15.7. The maximum Gasteiger partial charge on any atom is 0.251 e. The number of ether oxygens (including phenoxy) is 1. The lowest BCUT2D eigenvalue weighted by Gasteiger charge is -2.34. The number of carbonyl (C=O) groups excluding carboxylic acids is 2. The molecule has 1 unspecified atom stereocenters. The Kier molecular flexibility index (Phi) is 6.44. The van der Waals surface area contributed by atoms with Crippen molar-refractivity contribution in [2.45, 2.75) is 38.6 Å². The molecule has 0 bridgehead atoms. The number of benzene rings is 2. The molecule has 2 heterocycles. The van der Waals surface area contributed by atoms with Crippen LogP contribution in [-0.4, -0.2) is 47.9 Å². The molecule has 1 fully saturated rings. The van der Waals surface area contributed by atoms with Gasteiger partial charge in [-0.2, -0.15) is 0 Å². The molecule has 1 N–H and O–H groups in total. The summed E-state index contributed by atoms with van der Waals surface area (Å²) in [4.78, 5) is 32.4. The summed E-state index contributed by atoms with van der Waals surface area (Å²) >= 11 is 0. The predicted molar refractivity (Wildman–Crippen MR) is 122 cm³/mol. The van der Waals surface area contributed by atoms with Gasteiger partial charge >= 0.3 is 0 Å².